The zero-order valence-corrected chi connectivity index (χ0v) is 16.8. The highest BCUT2D eigenvalue weighted by Gasteiger charge is 2.32. The third kappa shape index (κ3) is 4.44. The number of pyridine rings is 1. The molecule has 8 heteroatoms. The third-order valence-electron chi connectivity index (χ3n) is 4.50. The number of aryl methyl sites for hydroxylation is 1. The summed E-state index contributed by atoms with van der Waals surface area (Å²) >= 11 is 1.28. The van der Waals surface area contributed by atoms with E-state index in [1.165, 1.54) is 24.0 Å². The second-order valence-corrected chi connectivity index (χ2v) is 7.90. The Morgan fingerprint density at radius 3 is 2.77 bits per heavy atom. The molecule has 0 radical (unpaired) electrons. The van der Waals surface area contributed by atoms with Gasteiger partial charge in [-0.3, -0.25) is 15.1 Å². The molecule has 1 aliphatic rings. The SMILES string of the molecule is Cc1cccc(COc2ccc(Sc3ccncc3C3NC(=O)NC3=O)cc2F)c1. The van der Waals surface area contributed by atoms with E-state index in [-0.39, 0.29) is 12.4 Å². The topological polar surface area (TPSA) is 80.3 Å². The molecule has 1 aliphatic heterocycles. The molecule has 0 bridgehead atoms. The van der Waals surface area contributed by atoms with Gasteiger partial charge < -0.3 is 10.1 Å². The predicted octanol–water partition coefficient (Wildman–Crippen LogP) is 4.14. The van der Waals surface area contributed by atoms with E-state index < -0.39 is 23.8 Å². The molecule has 1 saturated heterocycles. The van der Waals surface area contributed by atoms with Crippen molar-refractivity contribution < 1.29 is 18.7 Å². The highest BCUT2D eigenvalue weighted by Crippen LogP contribution is 2.35. The van der Waals surface area contributed by atoms with Gasteiger partial charge in [0.1, 0.15) is 12.6 Å². The molecule has 152 valence electrons. The van der Waals surface area contributed by atoms with Crippen molar-refractivity contribution >= 4 is 23.7 Å². The number of hydrogen-bond donors (Lipinski definition) is 2. The van der Waals surface area contributed by atoms with Crippen molar-refractivity contribution in [2.24, 2.45) is 0 Å². The highest BCUT2D eigenvalue weighted by atomic mass is 32.2. The number of nitrogens with one attached hydrogen (secondary N) is 2. The van der Waals surface area contributed by atoms with Gasteiger partial charge in [0, 0.05) is 27.7 Å². The molecule has 1 unspecified atom stereocenters. The molecular weight excluding hydrogens is 405 g/mol. The first-order valence-corrected chi connectivity index (χ1v) is 10.0. The van der Waals surface area contributed by atoms with Gasteiger partial charge in [-0.15, -0.1) is 0 Å². The number of halogens is 1. The lowest BCUT2D eigenvalue weighted by Crippen LogP contribution is -2.22. The smallest absolute Gasteiger partial charge is 0.322 e. The lowest BCUT2D eigenvalue weighted by molar-refractivity contribution is -0.120. The molecule has 30 heavy (non-hydrogen) atoms. The monoisotopic (exact) mass is 423 g/mol. The summed E-state index contributed by atoms with van der Waals surface area (Å²) in [6, 6.07) is 12.9. The number of urea groups is 1. The first-order valence-electron chi connectivity index (χ1n) is 9.20. The second-order valence-electron chi connectivity index (χ2n) is 6.78. The number of ether oxygens (including phenoxy) is 1. The molecular formula is C22H18FN3O3S. The molecule has 1 aromatic heterocycles. The Bertz CT molecular complexity index is 1120. The van der Waals surface area contributed by atoms with Gasteiger partial charge in [0.2, 0.25) is 0 Å². The molecule has 1 fully saturated rings. The van der Waals surface area contributed by atoms with Gasteiger partial charge in [0.25, 0.3) is 5.91 Å². The maximum atomic E-state index is 14.6. The largest absolute Gasteiger partial charge is 0.486 e. The lowest BCUT2D eigenvalue weighted by atomic mass is 10.1. The van der Waals surface area contributed by atoms with Gasteiger partial charge in [-0.25, -0.2) is 9.18 Å². The zero-order chi connectivity index (χ0) is 21.1. The first-order chi connectivity index (χ1) is 14.5. The number of imide groups is 1. The molecule has 0 spiro atoms. The Hall–Kier alpha value is -3.39. The van der Waals surface area contributed by atoms with Crippen molar-refractivity contribution in [3.05, 3.63) is 83.4 Å². The van der Waals surface area contributed by atoms with E-state index in [1.54, 1.807) is 24.4 Å². The summed E-state index contributed by atoms with van der Waals surface area (Å²) in [7, 11) is 0. The van der Waals surface area contributed by atoms with Crippen molar-refractivity contribution in [2.45, 2.75) is 29.4 Å². The molecule has 3 aromatic rings. The zero-order valence-electron chi connectivity index (χ0n) is 16.0. The van der Waals surface area contributed by atoms with Crippen molar-refractivity contribution in [2.75, 3.05) is 0 Å². The van der Waals surface area contributed by atoms with Gasteiger partial charge in [0.05, 0.1) is 0 Å². The average molecular weight is 423 g/mol. The Labute approximate surface area is 176 Å². The van der Waals surface area contributed by atoms with Crippen LogP contribution in [0.3, 0.4) is 0 Å². The van der Waals surface area contributed by atoms with Crippen LogP contribution in [0.5, 0.6) is 5.75 Å². The fourth-order valence-corrected chi connectivity index (χ4v) is 4.06. The highest BCUT2D eigenvalue weighted by molar-refractivity contribution is 7.99. The van der Waals surface area contributed by atoms with Gasteiger partial charge in [-0.05, 0) is 36.8 Å². The van der Waals surface area contributed by atoms with Crippen LogP contribution < -0.4 is 15.4 Å². The van der Waals surface area contributed by atoms with Gasteiger partial charge in [-0.2, -0.15) is 0 Å². The van der Waals surface area contributed by atoms with E-state index in [0.29, 0.717) is 15.4 Å². The minimum Gasteiger partial charge on any atom is -0.486 e. The normalized spacial score (nSPS) is 15.6. The van der Waals surface area contributed by atoms with Gasteiger partial charge >= 0.3 is 6.03 Å². The third-order valence-corrected chi connectivity index (χ3v) is 5.58. The van der Waals surface area contributed by atoms with Crippen molar-refractivity contribution in [3.8, 4) is 5.75 Å². The number of rotatable bonds is 6. The summed E-state index contributed by atoms with van der Waals surface area (Å²) in [5.41, 5.74) is 2.63. The predicted molar refractivity (Wildman–Crippen MR) is 110 cm³/mol. The van der Waals surface area contributed by atoms with E-state index in [9.17, 15) is 14.0 Å². The maximum Gasteiger partial charge on any atom is 0.322 e. The number of amides is 3. The summed E-state index contributed by atoms with van der Waals surface area (Å²) in [4.78, 5) is 28.8. The van der Waals surface area contributed by atoms with Crippen molar-refractivity contribution in [1.82, 2.24) is 15.6 Å². The molecule has 3 amide bonds. The summed E-state index contributed by atoms with van der Waals surface area (Å²) < 4.78 is 20.2. The van der Waals surface area contributed by atoms with Gasteiger partial charge in [0.15, 0.2) is 11.6 Å². The molecule has 4 rings (SSSR count). The minimum atomic E-state index is -0.824. The standard InChI is InChI=1S/C22H18FN3O3S/c1-13-3-2-4-14(9-13)12-29-18-6-5-15(10-17(18)23)30-19-7-8-24-11-16(19)20-21(27)26-22(28)25-20/h2-11,20H,12H2,1H3,(H2,25,26,27,28). The molecule has 0 saturated carbocycles. The summed E-state index contributed by atoms with van der Waals surface area (Å²) in [5.74, 6) is -0.755. The Morgan fingerprint density at radius 2 is 2.03 bits per heavy atom. The quantitative estimate of drug-likeness (QED) is 0.583. The average Bonchev–Trinajstić information content (AvgIpc) is 3.06. The van der Waals surface area contributed by atoms with Crippen LogP contribution in [0.1, 0.15) is 22.7 Å². The van der Waals surface area contributed by atoms with Crippen LogP contribution >= 0.6 is 11.8 Å². The van der Waals surface area contributed by atoms with E-state index >= 15 is 0 Å². The molecule has 2 N–H and O–H groups in total. The lowest BCUT2D eigenvalue weighted by Gasteiger charge is -2.13. The van der Waals surface area contributed by atoms with Crippen LogP contribution in [-0.4, -0.2) is 16.9 Å². The van der Waals surface area contributed by atoms with Crippen molar-refractivity contribution in [3.63, 3.8) is 0 Å². The van der Waals surface area contributed by atoms with Crippen LogP contribution in [0.15, 0.2) is 70.7 Å². The summed E-state index contributed by atoms with van der Waals surface area (Å²) in [6.45, 7) is 2.26. The summed E-state index contributed by atoms with van der Waals surface area (Å²) in [6.07, 6.45) is 3.10. The van der Waals surface area contributed by atoms with Crippen LogP contribution in [0, 0.1) is 12.7 Å². The maximum absolute atomic E-state index is 14.6. The van der Waals surface area contributed by atoms with E-state index in [1.807, 2.05) is 31.2 Å². The number of hydrogen-bond acceptors (Lipinski definition) is 5. The van der Waals surface area contributed by atoms with Gasteiger partial charge in [-0.1, -0.05) is 41.6 Å². The number of carbonyl (C=O) groups excluding carboxylic acids is 2. The molecule has 1 atom stereocenters. The first kappa shape index (κ1) is 19.9. The molecule has 2 aromatic carbocycles. The van der Waals surface area contributed by atoms with E-state index in [0.717, 1.165) is 11.1 Å². The Kier molecular flexibility index (Phi) is 5.67. The molecule has 2 heterocycles. The summed E-state index contributed by atoms with van der Waals surface area (Å²) in [5, 5.41) is 4.76. The van der Waals surface area contributed by atoms with Crippen LogP contribution in [0.4, 0.5) is 9.18 Å². The number of nitrogens with zero attached hydrogens (tertiary/aromatic N) is 1. The van der Waals surface area contributed by atoms with Crippen molar-refractivity contribution in [1.29, 1.82) is 0 Å². The van der Waals surface area contributed by atoms with E-state index in [2.05, 4.69) is 15.6 Å². The van der Waals surface area contributed by atoms with Crippen LogP contribution in [-0.2, 0) is 11.4 Å². The number of benzene rings is 2. The Morgan fingerprint density at radius 1 is 1.17 bits per heavy atom. The molecule has 0 aliphatic carbocycles. The fourth-order valence-electron chi connectivity index (χ4n) is 3.09. The number of aromatic nitrogens is 1. The Balaban J connectivity index is 1.49. The fraction of sp³-hybridized carbons (Fsp3) is 0.136. The van der Waals surface area contributed by atoms with Crippen LogP contribution in [0.25, 0.3) is 0 Å². The van der Waals surface area contributed by atoms with E-state index in [4.69, 9.17) is 4.74 Å². The second kappa shape index (κ2) is 8.54. The number of carbonyl (C=O) groups is 2. The van der Waals surface area contributed by atoms with Crippen LogP contribution in [0.2, 0.25) is 0 Å². The minimum absolute atomic E-state index is 0.165. The molecule has 6 nitrogen and oxygen atoms in total.